The highest BCUT2D eigenvalue weighted by molar-refractivity contribution is 7.80. The topological polar surface area (TPSA) is 29.3 Å². The number of rotatable bonds is 2. The first kappa shape index (κ1) is 12.5. The lowest BCUT2D eigenvalue weighted by molar-refractivity contribution is 0.879. The van der Waals surface area contributed by atoms with Crippen molar-refractivity contribution < 1.29 is 0 Å². The third-order valence-corrected chi connectivity index (χ3v) is 3.86. The summed E-state index contributed by atoms with van der Waals surface area (Å²) in [6.07, 6.45) is 0. The minimum absolute atomic E-state index is 0.405. The van der Waals surface area contributed by atoms with E-state index >= 15 is 0 Å². The highest BCUT2D eigenvalue weighted by Crippen LogP contribution is 2.32. The van der Waals surface area contributed by atoms with Gasteiger partial charge in [0, 0.05) is 29.4 Å². The van der Waals surface area contributed by atoms with Gasteiger partial charge in [-0.25, -0.2) is 0 Å². The molecule has 2 nitrogen and oxygen atoms in total. The molecule has 0 spiro atoms. The van der Waals surface area contributed by atoms with Crippen LogP contribution >= 0.6 is 23.8 Å². The van der Waals surface area contributed by atoms with Crippen LogP contribution < -0.4 is 10.6 Å². The second kappa shape index (κ2) is 4.83. The van der Waals surface area contributed by atoms with Gasteiger partial charge < -0.3 is 10.6 Å². The van der Waals surface area contributed by atoms with Crippen LogP contribution in [0.2, 0.25) is 5.02 Å². The lowest BCUT2D eigenvalue weighted by Gasteiger charge is -2.21. The summed E-state index contributed by atoms with van der Waals surface area (Å²) in [4.78, 5) is 2.66. The maximum absolute atomic E-state index is 6.10. The van der Waals surface area contributed by atoms with Gasteiger partial charge in [0.15, 0.2) is 0 Å². The summed E-state index contributed by atoms with van der Waals surface area (Å²) in [5.41, 5.74) is 10.4. The normalized spacial score (nSPS) is 13.4. The van der Waals surface area contributed by atoms with Crippen molar-refractivity contribution in [3.8, 4) is 0 Å². The minimum atomic E-state index is 0.405. The zero-order chi connectivity index (χ0) is 13.4. The molecule has 1 aliphatic rings. The average Bonchev–Trinajstić information content (AvgIpc) is 2.81. The van der Waals surface area contributed by atoms with Crippen molar-refractivity contribution in [2.45, 2.75) is 13.1 Å². The average molecular weight is 289 g/mol. The molecule has 2 N–H and O–H groups in total. The van der Waals surface area contributed by atoms with Gasteiger partial charge in [0.05, 0.1) is 0 Å². The maximum atomic E-state index is 6.10. The second-order valence-corrected chi connectivity index (χ2v) is 5.53. The molecule has 3 rings (SSSR count). The molecule has 0 atom stereocenters. The van der Waals surface area contributed by atoms with Crippen LogP contribution in [0.4, 0.5) is 5.69 Å². The molecule has 0 saturated carbocycles. The largest absolute Gasteiger partial charge is 0.389 e. The van der Waals surface area contributed by atoms with Crippen molar-refractivity contribution >= 4 is 34.5 Å². The van der Waals surface area contributed by atoms with Crippen LogP contribution in [0.15, 0.2) is 42.5 Å². The van der Waals surface area contributed by atoms with Crippen LogP contribution in [-0.2, 0) is 13.1 Å². The number of fused-ring (bicyclic) bond motifs is 1. The fourth-order valence-corrected chi connectivity index (χ4v) is 2.82. The standard InChI is InChI=1S/C15H13ClN2S/c16-12-5-6-13(15(17)19)14(7-12)18-8-10-3-1-2-4-11(10)9-18/h1-7H,8-9H2,(H2,17,19). The van der Waals surface area contributed by atoms with E-state index in [9.17, 15) is 0 Å². The first-order chi connectivity index (χ1) is 9.15. The van der Waals surface area contributed by atoms with Crippen LogP contribution in [0, 0.1) is 0 Å². The first-order valence-electron chi connectivity index (χ1n) is 6.06. The van der Waals surface area contributed by atoms with E-state index in [2.05, 4.69) is 29.2 Å². The number of hydrogen-bond donors (Lipinski definition) is 1. The van der Waals surface area contributed by atoms with Gasteiger partial charge in [-0.15, -0.1) is 0 Å². The van der Waals surface area contributed by atoms with Gasteiger partial charge in [0.2, 0.25) is 0 Å². The molecule has 0 bridgehead atoms. The third-order valence-electron chi connectivity index (χ3n) is 3.41. The third kappa shape index (κ3) is 2.31. The molecule has 96 valence electrons. The Labute approximate surface area is 122 Å². The quantitative estimate of drug-likeness (QED) is 0.858. The molecule has 2 aromatic carbocycles. The van der Waals surface area contributed by atoms with E-state index in [1.165, 1.54) is 11.1 Å². The Hall–Kier alpha value is -1.58. The molecular weight excluding hydrogens is 276 g/mol. The van der Waals surface area contributed by atoms with Crippen LogP contribution in [-0.4, -0.2) is 4.99 Å². The fraction of sp³-hybridized carbons (Fsp3) is 0.133. The van der Waals surface area contributed by atoms with Crippen LogP contribution in [0.5, 0.6) is 0 Å². The molecule has 19 heavy (non-hydrogen) atoms. The van der Waals surface area contributed by atoms with Crippen molar-refractivity contribution in [2.24, 2.45) is 5.73 Å². The zero-order valence-electron chi connectivity index (χ0n) is 10.3. The number of halogens is 1. The van der Waals surface area contributed by atoms with Gasteiger partial charge in [-0.1, -0.05) is 48.1 Å². The summed E-state index contributed by atoms with van der Waals surface area (Å²) in [7, 11) is 0. The molecule has 0 amide bonds. The Balaban J connectivity index is 2.01. The number of anilines is 1. The Morgan fingerprint density at radius 1 is 1.11 bits per heavy atom. The molecule has 0 unspecified atom stereocenters. The predicted molar refractivity (Wildman–Crippen MR) is 83.7 cm³/mol. The Kier molecular flexibility index (Phi) is 3.17. The highest BCUT2D eigenvalue weighted by atomic mass is 35.5. The number of nitrogens with zero attached hydrogens (tertiary/aromatic N) is 1. The van der Waals surface area contributed by atoms with Gasteiger partial charge in [0.1, 0.15) is 4.99 Å². The highest BCUT2D eigenvalue weighted by Gasteiger charge is 2.21. The maximum Gasteiger partial charge on any atom is 0.106 e. The molecule has 0 aliphatic carbocycles. The van der Waals surface area contributed by atoms with E-state index < -0.39 is 0 Å². The van der Waals surface area contributed by atoms with E-state index in [1.807, 2.05) is 18.2 Å². The molecule has 0 aromatic heterocycles. The number of hydrogen-bond acceptors (Lipinski definition) is 2. The van der Waals surface area contributed by atoms with Crippen molar-refractivity contribution in [1.82, 2.24) is 0 Å². The van der Waals surface area contributed by atoms with Gasteiger partial charge >= 0.3 is 0 Å². The lowest BCUT2D eigenvalue weighted by atomic mass is 10.1. The van der Waals surface area contributed by atoms with Gasteiger partial charge in [0.25, 0.3) is 0 Å². The summed E-state index contributed by atoms with van der Waals surface area (Å²) in [6.45, 7) is 1.73. The van der Waals surface area contributed by atoms with Crippen LogP contribution in [0.1, 0.15) is 16.7 Å². The molecule has 0 radical (unpaired) electrons. The number of thiocarbonyl (C=S) groups is 1. The van der Waals surface area contributed by atoms with Gasteiger partial charge in [-0.3, -0.25) is 0 Å². The number of benzene rings is 2. The van der Waals surface area contributed by atoms with E-state index in [4.69, 9.17) is 29.6 Å². The molecular formula is C15H13ClN2S. The second-order valence-electron chi connectivity index (χ2n) is 4.65. The summed E-state index contributed by atoms with van der Waals surface area (Å²) in [5, 5.41) is 0.700. The molecule has 0 fully saturated rings. The van der Waals surface area contributed by atoms with E-state index in [0.717, 1.165) is 24.3 Å². The van der Waals surface area contributed by atoms with E-state index in [1.54, 1.807) is 0 Å². The molecule has 1 heterocycles. The van der Waals surface area contributed by atoms with Crippen molar-refractivity contribution in [3.05, 3.63) is 64.2 Å². The molecule has 1 aliphatic heterocycles. The smallest absolute Gasteiger partial charge is 0.106 e. The Bertz CT molecular complexity index is 629. The minimum Gasteiger partial charge on any atom is -0.389 e. The predicted octanol–water partition coefficient (Wildman–Crippen LogP) is 3.49. The van der Waals surface area contributed by atoms with Crippen molar-refractivity contribution in [3.63, 3.8) is 0 Å². The fourth-order valence-electron chi connectivity index (χ4n) is 2.48. The summed E-state index contributed by atoms with van der Waals surface area (Å²) < 4.78 is 0. The Morgan fingerprint density at radius 2 is 1.74 bits per heavy atom. The van der Waals surface area contributed by atoms with E-state index in [-0.39, 0.29) is 0 Å². The SMILES string of the molecule is NC(=S)c1ccc(Cl)cc1N1Cc2ccccc2C1. The van der Waals surface area contributed by atoms with Crippen LogP contribution in [0.3, 0.4) is 0 Å². The van der Waals surface area contributed by atoms with Gasteiger partial charge in [-0.05, 0) is 29.3 Å². The molecule has 2 aromatic rings. The monoisotopic (exact) mass is 288 g/mol. The lowest BCUT2D eigenvalue weighted by Crippen LogP contribution is -2.20. The Morgan fingerprint density at radius 3 is 2.32 bits per heavy atom. The summed E-state index contributed by atoms with van der Waals surface area (Å²) in [5.74, 6) is 0. The molecule has 0 saturated heterocycles. The first-order valence-corrected chi connectivity index (χ1v) is 6.85. The molecule has 4 heteroatoms. The van der Waals surface area contributed by atoms with Crippen LogP contribution in [0.25, 0.3) is 0 Å². The van der Waals surface area contributed by atoms with Crippen molar-refractivity contribution in [1.29, 1.82) is 0 Å². The van der Waals surface area contributed by atoms with Gasteiger partial charge in [-0.2, -0.15) is 0 Å². The zero-order valence-corrected chi connectivity index (χ0v) is 11.8. The summed E-state index contributed by atoms with van der Waals surface area (Å²) >= 11 is 11.2. The summed E-state index contributed by atoms with van der Waals surface area (Å²) in [6, 6.07) is 14.1. The van der Waals surface area contributed by atoms with E-state index in [0.29, 0.717) is 10.0 Å². The number of nitrogens with two attached hydrogens (primary N) is 1. The van der Waals surface area contributed by atoms with Crippen molar-refractivity contribution in [2.75, 3.05) is 4.90 Å².